The van der Waals surface area contributed by atoms with Crippen molar-refractivity contribution in [3.05, 3.63) is 30.3 Å². The van der Waals surface area contributed by atoms with Gasteiger partial charge >= 0.3 is 5.97 Å². The standard InChI is InChI=1S/C6H12N2O3.C6H6O/c1-2-6(8,5(10)11)3-4(7)9;7-6-4-2-1-3-5-6/h2-3,8H2,1H3,(H2,7,9)(H,10,11);1-5,7H. The summed E-state index contributed by atoms with van der Waals surface area (Å²) in [5.74, 6) is -1.57. The summed E-state index contributed by atoms with van der Waals surface area (Å²) in [5, 5.41) is 17.2. The van der Waals surface area contributed by atoms with Gasteiger partial charge in [-0.2, -0.15) is 0 Å². The molecule has 1 amide bonds. The summed E-state index contributed by atoms with van der Waals surface area (Å²) < 4.78 is 0. The van der Waals surface area contributed by atoms with Crippen molar-refractivity contribution in [2.45, 2.75) is 25.3 Å². The Labute approximate surface area is 105 Å². The van der Waals surface area contributed by atoms with Crippen molar-refractivity contribution in [2.24, 2.45) is 11.5 Å². The minimum absolute atomic E-state index is 0.186. The molecule has 6 nitrogen and oxygen atoms in total. The number of para-hydroxylation sites is 1. The monoisotopic (exact) mass is 254 g/mol. The molecule has 1 aromatic rings. The number of carboxylic acids is 1. The molecule has 1 rings (SSSR count). The number of benzene rings is 1. The van der Waals surface area contributed by atoms with Gasteiger partial charge in [-0.15, -0.1) is 0 Å². The minimum atomic E-state index is -1.49. The van der Waals surface area contributed by atoms with Crippen molar-refractivity contribution in [1.82, 2.24) is 0 Å². The smallest absolute Gasteiger partial charge is 0.324 e. The third kappa shape index (κ3) is 5.86. The van der Waals surface area contributed by atoms with Gasteiger partial charge in [-0.05, 0) is 18.6 Å². The average Bonchev–Trinajstić information content (AvgIpc) is 2.29. The summed E-state index contributed by atoms with van der Waals surface area (Å²) in [6.45, 7) is 1.59. The first-order valence-electron chi connectivity index (χ1n) is 5.36. The molecule has 1 atom stereocenters. The van der Waals surface area contributed by atoms with Crippen LogP contribution >= 0.6 is 0 Å². The summed E-state index contributed by atoms with van der Waals surface area (Å²) in [6, 6.07) is 8.71. The van der Waals surface area contributed by atoms with Crippen LogP contribution in [-0.4, -0.2) is 27.6 Å². The van der Waals surface area contributed by atoms with Crippen LogP contribution in [-0.2, 0) is 9.59 Å². The molecule has 1 aromatic carbocycles. The van der Waals surface area contributed by atoms with Gasteiger partial charge in [0, 0.05) is 0 Å². The lowest BCUT2D eigenvalue weighted by molar-refractivity contribution is -0.145. The second-order valence-electron chi connectivity index (χ2n) is 3.79. The normalized spacial score (nSPS) is 12.8. The summed E-state index contributed by atoms with van der Waals surface area (Å²) >= 11 is 0. The SMILES string of the molecule is CCC(N)(CC(N)=O)C(=O)O.Oc1ccccc1. The first kappa shape index (κ1) is 15.9. The van der Waals surface area contributed by atoms with Gasteiger partial charge in [0.25, 0.3) is 0 Å². The molecule has 0 bridgehead atoms. The first-order chi connectivity index (χ1) is 8.31. The van der Waals surface area contributed by atoms with Crippen LogP contribution < -0.4 is 11.5 Å². The Morgan fingerprint density at radius 3 is 1.94 bits per heavy atom. The topological polar surface area (TPSA) is 127 Å². The van der Waals surface area contributed by atoms with Gasteiger partial charge in [-0.3, -0.25) is 9.59 Å². The number of phenolic OH excluding ortho intramolecular Hbond substituents is 1. The number of rotatable bonds is 4. The third-order valence-electron chi connectivity index (χ3n) is 2.30. The molecule has 1 unspecified atom stereocenters. The fourth-order valence-electron chi connectivity index (χ4n) is 1.09. The van der Waals surface area contributed by atoms with Crippen LogP contribution in [0.2, 0.25) is 0 Å². The molecule has 0 aliphatic carbocycles. The number of amides is 1. The summed E-state index contributed by atoms with van der Waals surface area (Å²) in [7, 11) is 0. The number of carbonyl (C=O) groups excluding carboxylic acids is 1. The first-order valence-corrected chi connectivity index (χ1v) is 5.36. The molecule has 0 aliphatic rings. The third-order valence-corrected chi connectivity index (χ3v) is 2.30. The number of hydrogen-bond acceptors (Lipinski definition) is 4. The fraction of sp³-hybridized carbons (Fsp3) is 0.333. The van der Waals surface area contributed by atoms with E-state index < -0.39 is 17.4 Å². The summed E-state index contributed by atoms with van der Waals surface area (Å²) in [5.41, 5.74) is 8.66. The van der Waals surface area contributed by atoms with Crippen LogP contribution in [0.25, 0.3) is 0 Å². The highest BCUT2D eigenvalue weighted by Gasteiger charge is 2.33. The van der Waals surface area contributed by atoms with Gasteiger partial charge in [0.2, 0.25) is 5.91 Å². The highest BCUT2D eigenvalue weighted by Crippen LogP contribution is 2.10. The van der Waals surface area contributed by atoms with E-state index >= 15 is 0 Å². The van der Waals surface area contributed by atoms with Crippen LogP contribution in [0.15, 0.2) is 30.3 Å². The van der Waals surface area contributed by atoms with Gasteiger partial charge in [-0.25, -0.2) is 0 Å². The Bertz CT molecular complexity index is 394. The van der Waals surface area contributed by atoms with E-state index in [4.69, 9.17) is 21.7 Å². The molecule has 0 heterocycles. The lowest BCUT2D eigenvalue weighted by Crippen LogP contribution is -2.50. The maximum Gasteiger partial charge on any atom is 0.324 e. The van der Waals surface area contributed by atoms with Crippen LogP contribution in [0.1, 0.15) is 19.8 Å². The maximum absolute atomic E-state index is 10.5. The molecular weight excluding hydrogens is 236 g/mol. The molecular formula is C12H18N2O4. The van der Waals surface area contributed by atoms with Crippen molar-refractivity contribution in [3.63, 3.8) is 0 Å². The van der Waals surface area contributed by atoms with E-state index in [2.05, 4.69) is 0 Å². The van der Waals surface area contributed by atoms with Crippen molar-refractivity contribution >= 4 is 11.9 Å². The zero-order chi connectivity index (χ0) is 14.2. The van der Waals surface area contributed by atoms with Gasteiger partial charge in [0.05, 0.1) is 6.42 Å². The molecule has 0 aliphatic heterocycles. The molecule has 0 saturated carbocycles. The predicted octanol–water partition coefficient (Wildman–Crippen LogP) is 0.446. The van der Waals surface area contributed by atoms with E-state index in [1.54, 1.807) is 31.2 Å². The number of primary amides is 1. The molecule has 18 heavy (non-hydrogen) atoms. The summed E-state index contributed by atoms with van der Waals surface area (Å²) in [4.78, 5) is 20.8. The molecule has 0 aromatic heterocycles. The van der Waals surface area contributed by atoms with Crippen LogP contribution in [0.3, 0.4) is 0 Å². The Balaban J connectivity index is 0.000000351. The number of hydrogen-bond donors (Lipinski definition) is 4. The van der Waals surface area contributed by atoms with Gasteiger partial charge < -0.3 is 21.7 Å². The quantitative estimate of drug-likeness (QED) is 0.620. The summed E-state index contributed by atoms with van der Waals surface area (Å²) in [6.07, 6.45) is -0.135. The molecule has 6 heteroatoms. The van der Waals surface area contributed by atoms with Crippen molar-refractivity contribution in [3.8, 4) is 5.75 Å². The number of nitrogens with two attached hydrogens (primary N) is 2. The second kappa shape index (κ2) is 7.29. The van der Waals surface area contributed by atoms with Gasteiger partial charge in [-0.1, -0.05) is 25.1 Å². The number of aliphatic carboxylic acids is 1. The number of carbonyl (C=O) groups is 2. The molecule has 0 fully saturated rings. The van der Waals surface area contributed by atoms with E-state index in [0.717, 1.165) is 0 Å². The molecule has 0 spiro atoms. The lowest BCUT2D eigenvalue weighted by atomic mass is 9.93. The molecule has 0 saturated heterocycles. The van der Waals surface area contributed by atoms with E-state index in [9.17, 15) is 9.59 Å². The fourth-order valence-corrected chi connectivity index (χ4v) is 1.09. The zero-order valence-electron chi connectivity index (χ0n) is 10.2. The molecule has 0 radical (unpaired) electrons. The maximum atomic E-state index is 10.5. The molecule has 6 N–H and O–H groups in total. The minimum Gasteiger partial charge on any atom is -0.508 e. The van der Waals surface area contributed by atoms with E-state index in [0.29, 0.717) is 5.75 Å². The van der Waals surface area contributed by atoms with Crippen LogP contribution in [0, 0.1) is 0 Å². The largest absolute Gasteiger partial charge is 0.508 e. The Kier molecular flexibility index (Phi) is 6.44. The van der Waals surface area contributed by atoms with Gasteiger partial charge in [0.1, 0.15) is 11.3 Å². The average molecular weight is 254 g/mol. The number of phenols is 1. The second-order valence-corrected chi connectivity index (χ2v) is 3.79. The highest BCUT2D eigenvalue weighted by molar-refractivity contribution is 5.86. The Morgan fingerprint density at radius 1 is 1.28 bits per heavy atom. The van der Waals surface area contributed by atoms with E-state index in [1.165, 1.54) is 0 Å². The predicted molar refractivity (Wildman–Crippen MR) is 66.8 cm³/mol. The number of aromatic hydroxyl groups is 1. The number of carboxylic acid groups (broad SMARTS) is 1. The van der Waals surface area contributed by atoms with Crippen molar-refractivity contribution in [1.29, 1.82) is 0 Å². The highest BCUT2D eigenvalue weighted by atomic mass is 16.4. The Morgan fingerprint density at radius 2 is 1.78 bits per heavy atom. The zero-order valence-corrected chi connectivity index (χ0v) is 10.2. The van der Waals surface area contributed by atoms with Crippen molar-refractivity contribution < 1.29 is 19.8 Å². The van der Waals surface area contributed by atoms with E-state index in [1.807, 2.05) is 6.07 Å². The van der Waals surface area contributed by atoms with Gasteiger partial charge in [0.15, 0.2) is 0 Å². The van der Waals surface area contributed by atoms with Crippen LogP contribution in [0.5, 0.6) is 5.75 Å². The molecule has 100 valence electrons. The van der Waals surface area contributed by atoms with Crippen molar-refractivity contribution in [2.75, 3.05) is 0 Å². The lowest BCUT2D eigenvalue weighted by Gasteiger charge is -2.20. The van der Waals surface area contributed by atoms with Crippen LogP contribution in [0.4, 0.5) is 0 Å². The Hall–Kier alpha value is -2.08. The van der Waals surface area contributed by atoms with E-state index in [-0.39, 0.29) is 12.8 Å².